The molecular formula is C25H23BrO5. The van der Waals surface area contributed by atoms with Crippen LogP contribution in [0.2, 0.25) is 0 Å². The van der Waals surface area contributed by atoms with E-state index in [2.05, 4.69) is 15.9 Å². The lowest BCUT2D eigenvalue weighted by molar-refractivity contribution is -0.136. The van der Waals surface area contributed by atoms with Gasteiger partial charge in [0.2, 0.25) is 0 Å². The van der Waals surface area contributed by atoms with Crippen LogP contribution in [0.5, 0.6) is 11.5 Å². The minimum atomic E-state index is -0.538. The standard InChI is InChI=1S/C25H23BrO5/c1-18-9-14-23(22(26)16-18)30-17-24(27)31-21-12-10-20(11-13-21)25(28)29-15-5-8-19-6-3-2-4-7-19/h2-4,6-7,9-14,16H,5,8,15,17H2,1H3. The highest BCUT2D eigenvalue weighted by molar-refractivity contribution is 9.10. The fraction of sp³-hybridized carbons (Fsp3) is 0.200. The first-order chi connectivity index (χ1) is 15.0. The van der Waals surface area contributed by atoms with Crippen LogP contribution in [0.15, 0.2) is 77.3 Å². The van der Waals surface area contributed by atoms with Crippen LogP contribution in [0.3, 0.4) is 0 Å². The maximum Gasteiger partial charge on any atom is 0.349 e. The molecule has 31 heavy (non-hydrogen) atoms. The van der Waals surface area contributed by atoms with Crippen LogP contribution in [-0.2, 0) is 16.0 Å². The third-order valence-electron chi connectivity index (χ3n) is 4.44. The Morgan fingerprint density at radius 1 is 0.935 bits per heavy atom. The maximum atomic E-state index is 12.2. The molecule has 3 aromatic carbocycles. The van der Waals surface area contributed by atoms with Gasteiger partial charge in [-0.3, -0.25) is 0 Å². The summed E-state index contributed by atoms with van der Waals surface area (Å²) >= 11 is 3.40. The van der Waals surface area contributed by atoms with Gasteiger partial charge in [0.25, 0.3) is 0 Å². The summed E-state index contributed by atoms with van der Waals surface area (Å²) in [5.74, 6) is -0.0488. The molecule has 3 aromatic rings. The molecule has 5 nitrogen and oxygen atoms in total. The molecule has 0 atom stereocenters. The van der Waals surface area contributed by atoms with Gasteiger partial charge in [-0.1, -0.05) is 36.4 Å². The number of carbonyl (C=O) groups is 2. The number of rotatable bonds is 9. The Balaban J connectivity index is 1.41. The van der Waals surface area contributed by atoms with E-state index in [4.69, 9.17) is 14.2 Å². The van der Waals surface area contributed by atoms with E-state index in [9.17, 15) is 9.59 Å². The van der Waals surface area contributed by atoms with Gasteiger partial charge in [-0.25, -0.2) is 9.59 Å². The summed E-state index contributed by atoms with van der Waals surface area (Å²) in [5, 5.41) is 0. The smallest absolute Gasteiger partial charge is 0.349 e. The molecule has 0 saturated carbocycles. The second kappa shape index (κ2) is 11.3. The lowest BCUT2D eigenvalue weighted by Gasteiger charge is -2.09. The molecule has 0 aromatic heterocycles. The Morgan fingerprint density at radius 2 is 1.68 bits per heavy atom. The van der Waals surface area contributed by atoms with Crippen LogP contribution >= 0.6 is 15.9 Å². The first kappa shape index (κ1) is 22.6. The number of hydrogen-bond acceptors (Lipinski definition) is 5. The summed E-state index contributed by atoms with van der Waals surface area (Å²) in [7, 11) is 0. The molecule has 0 aliphatic rings. The Labute approximate surface area is 190 Å². The van der Waals surface area contributed by atoms with Crippen molar-refractivity contribution in [1.82, 2.24) is 0 Å². The van der Waals surface area contributed by atoms with Crippen molar-refractivity contribution in [3.63, 3.8) is 0 Å². The third kappa shape index (κ3) is 7.26. The Kier molecular flexibility index (Phi) is 8.24. The van der Waals surface area contributed by atoms with Gasteiger partial charge in [-0.15, -0.1) is 0 Å². The first-order valence-electron chi connectivity index (χ1n) is 9.92. The average molecular weight is 483 g/mol. The molecule has 0 amide bonds. The number of ether oxygens (including phenoxy) is 3. The van der Waals surface area contributed by atoms with Crippen molar-refractivity contribution in [2.75, 3.05) is 13.2 Å². The van der Waals surface area contributed by atoms with Gasteiger partial charge in [0.05, 0.1) is 16.6 Å². The normalized spacial score (nSPS) is 10.4. The molecule has 0 spiro atoms. The largest absolute Gasteiger partial charge is 0.481 e. The fourth-order valence-corrected chi connectivity index (χ4v) is 3.46. The van der Waals surface area contributed by atoms with Crippen LogP contribution in [-0.4, -0.2) is 25.2 Å². The molecule has 0 fully saturated rings. The highest BCUT2D eigenvalue weighted by atomic mass is 79.9. The number of hydrogen-bond donors (Lipinski definition) is 0. The SMILES string of the molecule is Cc1ccc(OCC(=O)Oc2ccc(C(=O)OCCCc3ccccc3)cc2)c(Br)c1. The van der Waals surface area contributed by atoms with E-state index >= 15 is 0 Å². The zero-order valence-electron chi connectivity index (χ0n) is 17.2. The van der Waals surface area contributed by atoms with E-state index in [1.165, 1.54) is 5.56 Å². The summed E-state index contributed by atoms with van der Waals surface area (Å²) in [4.78, 5) is 24.2. The number of halogens is 1. The molecule has 6 heteroatoms. The van der Waals surface area contributed by atoms with E-state index in [0.29, 0.717) is 23.7 Å². The van der Waals surface area contributed by atoms with E-state index in [1.54, 1.807) is 30.3 Å². The van der Waals surface area contributed by atoms with Gasteiger partial charge in [0.15, 0.2) is 6.61 Å². The van der Waals surface area contributed by atoms with Crippen molar-refractivity contribution in [1.29, 1.82) is 0 Å². The van der Waals surface area contributed by atoms with Crippen LogP contribution in [0.25, 0.3) is 0 Å². The zero-order valence-corrected chi connectivity index (χ0v) is 18.8. The van der Waals surface area contributed by atoms with Crippen molar-refractivity contribution < 1.29 is 23.8 Å². The van der Waals surface area contributed by atoms with Gasteiger partial charge in [0, 0.05) is 0 Å². The molecular weight excluding hydrogens is 460 g/mol. The first-order valence-corrected chi connectivity index (χ1v) is 10.7. The van der Waals surface area contributed by atoms with Crippen LogP contribution in [0, 0.1) is 6.92 Å². The predicted molar refractivity (Wildman–Crippen MR) is 121 cm³/mol. The lowest BCUT2D eigenvalue weighted by Crippen LogP contribution is -2.18. The molecule has 0 aliphatic carbocycles. The third-order valence-corrected chi connectivity index (χ3v) is 5.06. The van der Waals surface area contributed by atoms with Crippen molar-refractivity contribution in [3.05, 3.63) is 94.0 Å². The second-order valence-corrected chi connectivity index (χ2v) is 7.80. The second-order valence-electron chi connectivity index (χ2n) is 6.95. The van der Waals surface area contributed by atoms with Gasteiger partial charge >= 0.3 is 11.9 Å². The maximum absolute atomic E-state index is 12.2. The molecule has 0 N–H and O–H groups in total. The van der Waals surface area contributed by atoms with Crippen molar-refractivity contribution in [2.24, 2.45) is 0 Å². The van der Waals surface area contributed by atoms with Crippen LogP contribution in [0.4, 0.5) is 0 Å². The van der Waals surface area contributed by atoms with Crippen LogP contribution < -0.4 is 9.47 Å². The fourth-order valence-electron chi connectivity index (χ4n) is 2.85. The molecule has 3 rings (SSSR count). The Morgan fingerprint density at radius 3 is 2.39 bits per heavy atom. The molecule has 0 aliphatic heterocycles. The minimum Gasteiger partial charge on any atom is -0.481 e. The van der Waals surface area contributed by atoms with Crippen molar-refractivity contribution in [3.8, 4) is 11.5 Å². The summed E-state index contributed by atoms with van der Waals surface area (Å²) in [6.07, 6.45) is 1.60. The van der Waals surface area contributed by atoms with Gasteiger partial charge in [0.1, 0.15) is 11.5 Å². The average Bonchev–Trinajstić information content (AvgIpc) is 2.77. The van der Waals surface area contributed by atoms with Crippen molar-refractivity contribution in [2.45, 2.75) is 19.8 Å². The highest BCUT2D eigenvalue weighted by Gasteiger charge is 2.11. The number of benzene rings is 3. The molecule has 0 saturated heterocycles. The number of aryl methyl sites for hydroxylation is 2. The summed E-state index contributed by atoms with van der Waals surface area (Å²) in [6, 6.07) is 21.9. The molecule has 0 heterocycles. The van der Waals surface area contributed by atoms with Crippen LogP contribution in [0.1, 0.15) is 27.9 Å². The number of carbonyl (C=O) groups excluding carboxylic acids is 2. The van der Waals surface area contributed by atoms with Gasteiger partial charge < -0.3 is 14.2 Å². The summed E-state index contributed by atoms with van der Waals surface area (Å²) in [6.45, 7) is 2.08. The molecule has 0 bridgehead atoms. The van der Waals surface area contributed by atoms with E-state index in [0.717, 1.165) is 22.9 Å². The highest BCUT2D eigenvalue weighted by Crippen LogP contribution is 2.25. The van der Waals surface area contributed by atoms with Gasteiger partial charge in [-0.05, 0) is 83.2 Å². The van der Waals surface area contributed by atoms with Crippen molar-refractivity contribution >= 4 is 27.9 Å². The molecule has 0 unspecified atom stereocenters. The predicted octanol–water partition coefficient (Wildman–Crippen LogP) is 5.53. The quantitative estimate of drug-likeness (QED) is 0.228. The monoisotopic (exact) mass is 482 g/mol. The van der Waals surface area contributed by atoms with Gasteiger partial charge in [-0.2, -0.15) is 0 Å². The summed E-state index contributed by atoms with van der Waals surface area (Å²) < 4.78 is 16.8. The minimum absolute atomic E-state index is 0.229. The lowest BCUT2D eigenvalue weighted by atomic mass is 10.1. The Hall–Kier alpha value is -3.12. The van der Waals surface area contributed by atoms with E-state index < -0.39 is 11.9 Å². The topological polar surface area (TPSA) is 61.8 Å². The Bertz CT molecular complexity index is 1020. The van der Waals surface area contributed by atoms with E-state index in [-0.39, 0.29) is 6.61 Å². The number of esters is 2. The summed E-state index contributed by atoms with van der Waals surface area (Å²) in [5.41, 5.74) is 2.69. The molecule has 160 valence electrons. The molecule has 0 radical (unpaired) electrons. The zero-order chi connectivity index (χ0) is 22.1. The van der Waals surface area contributed by atoms with E-state index in [1.807, 2.05) is 49.4 Å².